The van der Waals surface area contributed by atoms with Crippen molar-refractivity contribution in [1.82, 2.24) is 0 Å². The van der Waals surface area contributed by atoms with Gasteiger partial charge in [0, 0.05) is 5.71 Å². The molecule has 1 fully saturated rings. The smallest absolute Gasteiger partial charge is 0.294 e. The van der Waals surface area contributed by atoms with Gasteiger partial charge in [-0.1, -0.05) is 6.42 Å². The van der Waals surface area contributed by atoms with Gasteiger partial charge in [0.25, 0.3) is 6.47 Å². The fraction of sp³-hybridized carbons (Fsp3) is 0.750. The molecule has 1 aliphatic rings. The molecule has 0 unspecified atom stereocenters. The molecule has 3 nitrogen and oxygen atoms in total. The Kier molecular flexibility index (Phi) is 3.65. The van der Waals surface area contributed by atoms with Crippen molar-refractivity contribution in [3.05, 3.63) is 0 Å². The van der Waals surface area contributed by atoms with E-state index in [0.717, 1.165) is 12.8 Å². The van der Waals surface area contributed by atoms with Crippen molar-refractivity contribution in [3.8, 4) is 0 Å². The van der Waals surface area contributed by atoms with E-state index in [1.807, 2.05) is 0 Å². The molecule has 0 heterocycles. The van der Waals surface area contributed by atoms with E-state index in [2.05, 4.69) is 9.73 Å². The minimum atomic E-state index is 0.207. The number of nitrogens with zero attached hydrogens (tertiary/aromatic N) is 1. The molecule has 0 amide bonds. The van der Waals surface area contributed by atoms with Crippen LogP contribution in [0.1, 0.15) is 32.1 Å². The number of carbonyl (C=O) groups excluding carboxylic acids is 1. The minimum absolute atomic E-state index is 0.207. The standard InChI is InChI=1S/C8H13NO2/c10-7-11-6-9-8-4-2-1-3-5-8/h7H,1-6H2. The Morgan fingerprint density at radius 3 is 2.73 bits per heavy atom. The van der Waals surface area contributed by atoms with Crippen LogP contribution in [0.5, 0.6) is 0 Å². The molecule has 0 aromatic carbocycles. The van der Waals surface area contributed by atoms with Crippen LogP contribution >= 0.6 is 0 Å². The first-order chi connectivity index (χ1) is 5.43. The molecule has 1 saturated carbocycles. The summed E-state index contributed by atoms with van der Waals surface area (Å²) in [5.74, 6) is 0. The van der Waals surface area contributed by atoms with Crippen LogP contribution in [-0.4, -0.2) is 18.9 Å². The average Bonchev–Trinajstić information content (AvgIpc) is 2.07. The fourth-order valence-corrected chi connectivity index (χ4v) is 1.28. The second kappa shape index (κ2) is 4.88. The van der Waals surface area contributed by atoms with Crippen LogP contribution in [-0.2, 0) is 9.53 Å². The summed E-state index contributed by atoms with van der Waals surface area (Å²) in [5, 5.41) is 0. The van der Waals surface area contributed by atoms with Crippen molar-refractivity contribution in [2.45, 2.75) is 32.1 Å². The van der Waals surface area contributed by atoms with E-state index < -0.39 is 0 Å². The van der Waals surface area contributed by atoms with E-state index in [9.17, 15) is 4.79 Å². The van der Waals surface area contributed by atoms with E-state index in [-0.39, 0.29) is 6.73 Å². The molecular formula is C8H13NO2. The van der Waals surface area contributed by atoms with Gasteiger partial charge in [-0.15, -0.1) is 0 Å². The first-order valence-electron chi connectivity index (χ1n) is 4.01. The largest absolute Gasteiger partial charge is 0.445 e. The summed E-state index contributed by atoms with van der Waals surface area (Å²) in [4.78, 5) is 13.9. The predicted octanol–water partition coefficient (Wildman–Crippen LogP) is 1.52. The number of ether oxygens (including phenoxy) is 1. The van der Waals surface area contributed by atoms with E-state index >= 15 is 0 Å². The number of hydrogen-bond acceptors (Lipinski definition) is 3. The molecule has 0 N–H and O–H groups in total. The summed E-state index contributed by atoms with van der Waals surface area (Å²) in [7, 11) is 0. The molecule has 0 saturated heterocycles. The Morgan fingerprint density at radius 2 is 2.09 bits per heavy atom. The Bertz CT molecular complexity index is 146. The van der Waals surface area contributed by atoms with Crippen LogP contribution in [0.3, 0.4) is 0 Å². The molecule has 62 valence electrons. The highest BCUT2D eigenvalue weighted by atomic mass is 16.5. The van der Waals surface area contributed by atoms with Gasteiger partial charge in [-0.3, -0.25) is 9.79 Å². The molecule has 1 aliphatic carbocycles. The summed E-state index contributed by atoms with van der Waals surface area (Å²) < 4.78 is 4.47. The van der Waals surface area contributed by atoms with Gasteiger partial charge >= 0.3 is 0 Å². The third-order valence-corrected chi connectivity index (χ3v) is 1.86. The molecule has 3 heteroatoms. The first-order valence-corrected chi connectivity index (χ1v) is 4.01. The van der Waals surface area contributed by atoms with E-state index in [4.69, 9.17) is 0 Å². The Hall–Kier alpha value is -0.860. The Balaban J connectivity index is 2.20. The topological polar surface area (TPSA) is 38.7 Å². The van der Waals surface area contributed by atoms with Crippen LogP contribution in [0.2, 0.25) is 0 Å². The van der Waals surface area contributed by atoms with Crippen molar-refractivity contribution in [2.75, 3.05) is 6.73 Å². The molecule has 0 spiro atoms. The SMILES string of the molecule is O=COCN=C1CCCCC1. The molecule has 0 atom stereocenters. The number of aliphatic imine (C=N–C) groups is 1. The lowest BCUT2D eigenvalue weighted by molar-refractivity contribution is -0.128. The maximum Gasteiger partial charge on any atom is 0.294 e. The predicted molar refractivity (Wildman–Crippen MR) is 42.5 cm³/mol. The van der Waals surface area contributed by atoms with Gasteiger partial charge in [0.2, 0.25) is 0 Å². The zero-order valence-electron chi connectivity index (χ0n) is 6.58. The number of hydrogen-bond donors (Lipinski definition) is 0. The van der Waals surface area contributed by atoms with E-state index in [1.54, 1.807) is 0 Å². The fourth-order valence-electron chi connectivity index (χ4n) is 1.28. The lowest BCUT2D eigenvalue weighted by Crippen LogP contribution is -2.06. The van der Waals surface area contributed by atoms with E-state index in [1.165, 1.54) is 25.0 Å². The molecule has 0 aliphatic heterocycles. The van der Waals surface area contributed by atoms with Crippen molar-refractivity contribution in [3.63, 3.8) is 0 Å². The third kappa shape index (κ3) is 3.16. The van der Waals surface area contributed by atoms with Crippen LogP contribution in [0.15, 0.2) is 4.99 Å². The molecule has 0 bridgehead atoms. The highest BCUT2D eigenvalue weighted by molar-refractivity contribution is 5.84. The van der Waals surface area contributed by atoms with E-state index in [0.29, 0.717) is 6.47 Å². The van der Waals surface area contributed by atoms with Gasteiger partial charge in [-0.25, -0.2) is 0 Å². The van der Waals surface area contributed by atoms with Gasteiger partial charge in [-0.05, 0) is 25.7 Å². The van der Waals surface area contributed by atoms with Crippen molar-refractivity contribution in [1.29, 1.82) is 0 Å². The summed E-state index contributed by atoms with van der Waals surface area (Å²) in [6, 6.07) is 0. The second-order valence-electron chi connectivity index (χ2n) is 2.68. The van der Waals surface area contributed by atoms with Crippen LogP contribution < -0.4 is 0 Å². The first kappa shape index (κ1) is 8.24. The average molecular weight is 155 g/mol. The maximum absolute atomic E-state index is 9.76. The zero-order chi connectivity index (χ0) is 7.94. The lowest BCUT2D eigenvalue weighted by atomic mass is 9.99. The summed E-state index contributed by atoms with van der Waals surface area (Å²) in [5.41, 5.74) is 1.21. The van der Waals surface area contributed by atoms with Crippen LogP contribution in [0.4, 0.5) is 0 Å². The molecular weight excluding hydrogens is 142 g/mol. The van der Waals surface area contributed by atoms with Gasteiger partial charge in [0.1, 0.15) is 0 Å². The second-order valence-corrected chi connectivity index (χ2v) is 2.68. The van der Waals surface area contributed by atoms with Crippen molar-refractivity contribution in [2.24, 2.45) is 4.99 Å². The Labute approximate surface area is 66.5 Å². The number of carbonyl (C=O) groups is 1. The van der Waals surface area contributed by atoms with Crippen LogP contribution in [0.25, 0.3) is 0 Å². The normalized spacial score (nSPS) is 17.6. The van der Waals surface area contributed by atoms with Gasteiger partial charge in [0.05, 0.1) is 0 Å². The highest BCUT2D eigenvalue weighted by Gasteiger charge is 2.05. The number of rotatable bonds is 3. The Morgan fingerprint density at radius 1 is 1.36 bits per heavy atom. The monoisotopic (exact) mass is 155 g/mol. The van der Waals surface area contributed by atoms with Crippen molar-refractivity contribution >= 4 is 12.2 Å². The zero-order valence-corrected chi connectivity index (χ0v) is 6.58. The molecule has 0 aromatic heterocycles. The molecule has 0 aromatic rings. The van der Waals surface area contributed by atoms with Gasteiger partial charge < -0.3 is 4.74 Å². The van der Waals surface area contributed by atoms with Crippen molar-refractivity contribution < 1.29 is 9.53 Å². The lowest BCUT2D eigenvalue weighted by Gasteiger charge is -2.11. The molecule has 1 rings (SSSR count). The third-order valence-electron chi connectivity index (χ3n) is 1.86. The summed E-state index contributed by atoms with van der Waals surface area (Å²) in [6.07, 6.45) is 5.96. The highest BCUT2D eigenvalue weighted by Crippen LogP contribution is 2.14. The minimum Gasteiger partial charge on any atom is -0.445 e. The quantitative estimate of drug-likeness (QED) is 0.458. The van der Waals surface area contributed by atoms with Crippen LogP contribution in [0, 0.1) is 0 Å². The molecule has 0 radical (unpaired) electrons. The summed E-state index contributed by atoms with van der Waals surface area (Å²) in [6.45, 7) is 0.645. The maximum atomic E-state index is 9.76. The van der Waals surface area contributed by atoms with Gasteiger partial charge in [-0.2, -0.15) is 0 Å². The molecule has 11 heavy (non-hydrogen) atoms. The van der Waals surface area contributed by atoms with Gasteiger partial charge in [0.15, 0.2) is 6.73 Å². The summed E-state index contributed by atoms with van der Waals surface area (Å²) >= 11 is 0.